The molecule has 0 aliphatic heterocycles. The maximum absolute atomic E-state index is 5.99. The molecule has 100 valence electrons. The summed E-state index contributed by atoms with van der Waals surface area (Å²) in [7, 11) is 1.68. The molecule has 0 aromatic heterocycles. The second-order valence-corrected chi connectivity index (χ2v) is 4.85. The maximum Gasteiger partial charge on any atom is 0.142 e. The normalized spacial score (nSPS) is 10.3. The van der Waals surface area contributed by atoms with Crippen molar-refractivity contribution in [3.63, 3.8) is 0 Å². The molecule has 0 radical (unpaired) electrons. The Balaban J connectivity index is 2.42. The Kier molecular flexibility index (Phi) is 3.65. The largest absolute Gasteiger partial charge is 0.495 e. The predicted octanol–water partition coefficient (Wildman–Crippen LogP) is 3.95. The second-order valence-electron chi connectivity index (χ2n) is 4.85. The lowest BCUT2D eigenvalue weighted by Gasteiger charge is -2.15. The zero-order chi connectivity index (χ0) is 14.0. The van der Waals surface area contributed by atoms with Crippen LogP contribution in [0.3, 0.4) is 0 Å². The van der Waals surface area contributed by atoms with Crippen molar-refractivity contribution < 1.29 is 4.74 Å². The molecule has 0 fully saturated rings. The fourth-order valence-corrected chi connectivity index (χ4v) is 1.98. The topological polar surface area (TPSA) is 47.3 Å². The summed E-state index contributed by atoms with van der Waals surface area (Å²) in [6.07, 6.45) is 0. The monoisotopic (exact) mass is 256 g/mol. The SMILES string of the molecule is COc1cc(C)c(C)cc1Nc1cc(C)ccc1N. The quantitative estimate of drug-likeness (QED) is 0.817. The van der Waals surface area contributed by atoms with Gasteiger partial charge in [0.2, 0.25) is 0 Å². The summed E-state index contributed by atoms with van der Waals surface area (Å²) in [5, 5.41) is 3.35. The highest BCUT2D eigenvalue weighted by atomic mass is 16.5. The Hall–Kier alpha value is -2.16. The number of hydrogen-bond acceptors (Lipinski definition) is 3. The Bertz CT molecular complexity index is 606. The van der Waals surface area contributed by atoms with Crippen LogP contribution in [0.2, 0.25) is 0 Å². The van der Waals surface area contributed by atoms with E-state index < -0.39 is 0 Å². The van der Waals surface area contributed by atoms with Crippen LogP contribution >= 0.6 is 0 Å². The molecule has 19 heavy (non-hydrogen) atoms. The molecule has 0 saturated carbocycles. The van der Waals surface area contributed by atoms with Crippen molar-refractivity contribution in [2.24, 2.45) is 0 Å². The van der Waals surface area contributed by atoms with Crippen LogP contribution in [0.4, 0.5) is 17.1 Å². The van der Waals surface area contributed by atoms with Crippen LogP contribution in [0.5, 0.6) is 5.75 Å². The minimum Gasteiger partial charge on any atom is -0.495 e. The number of aryl methyl sites for hydroxylation is 3. The number of benzene rings is 2. The van der Waals surface area contributed by atoms with Gasteiger partial charge in [-0.2, -0.15) is 0 Å². The summed E-state index contributed by atoms with van der Waals surface area (Å²) in [5.74, 6) is 0.823. The number of nitrogens with one attached hydrogen (secondary N) is 1. The third-order valence-corrected chi connectivity index (χ3v) is 3.29. The number of methoxy groups -OCH3 is 1. The summed E-state index contributed by atoms with van der Waals surface area (Å²) in [6.45, 7) is 6.20. The standard InChI is InChI=1S/C16H20N2O/c1-10-5-6-13(17)14(7-10)18-15-8-11(2)12(3)9-16(15)19-4/h5-9,18H,17H2,1-4H3. The van der Waals surface area contributed by atoms with Gasteiger partial charge in [0.05, 0.1) is 24.2 Å². The van der Waals surface area contributed by atoms with Crippen molar-refractivity contribution in [3.05, 3.63) is 47.0 Å². The van der Waals surface area contributed by atoms with E-state index in [0.717, 1.165) is 22.8 Å². The lowest BCUT2D eigenvalue weighted by molar-refractivity contribution is 0.416. The molecule has 0 saturated heterocycles. The zero-order valence-corrected chi connectivity index (χ0v) is 11.9. The van der Waals surface area contributed by atoms with Gasteiger partial charge in [0, 0.05) is 0 Å². The van der Waals surface area contributed by atoms with Crippen molar-refractivity contribution >= 4 is 17.1 Å². The third-order valence-electron chi connectivity index (χ3n) is 3.29. The van der Waals surface area contributed by atoms with Gasteiger partial charge in [-0.05, 0) is 61.7 Å². The van der Waals surface area contributed by atoms with E-state index in [1.165, 1.54) is 16.7 Å². The number of ether oxygens (including phenoxy) is 1. The first kappa shape index (κ1) is 13.3. The highest BCUT2D eigenvalue weighted by Gasteiger charge is 2.08. The van der Waals surface area contributed by atoms with Crippen molar-refractivity contribution in [2.45, 2.75) is 20.8 Å². The number of nitrogen functional groups attached to an aromatic ring is 1. The Labute approximate surface area is 114 Å². The minimum absolute atomic E-state index is 0.728. The van der Waals surface area contributed by atoms with Gasteiger partial charge in [0.1, 0.15) is 5.75 Å². The van der Waals surface area contributed by atoms with E-state index in [1.54, 1.807) is 7.11 Å². The first-order valence-electron chi connectivity index (χ1n) is 6.29. The van der Waals surface area contributed by atoms with Crippen molar-refractivity contribution in [1.29, 1.82) is 0 Å². The van der Waals surface area contributed by atoms with Gasteiger partial charge in [0.15, 0.2) is 0 Å². The first-order chi connectivity index (χ1) is 9.01. The van der Waals surface area contributed by atoms with Gasteiger partial charge in [0.25, 0.3) is 0 Å². The summed E-state index contributed by atoms with van der Waals surface area (Å²) in [5.41, 5.74) is 12.1. The van der Waals surface area contributed by atoms with Crippen LogP contribution in [-0.4, -0.2) is 7.11 Å². The summed E-state index contributed by atoms with van der Waals surface area (Å²) in [4.78, 5) is 0. The Morgan fingerprint density at radius 3 is 2.32 bits per heavy atom. The van der Waals surface area contributed by atoms with Crippen LogP contribution in [0.15, 0.2) is 30.3 Å². The van der Waals surface area contributed by atoms with Gasteiger partial charge in [-0.15, -0.1) is 0 Å². The number of nitrogens with two attached hydrogens (primary N) is 1. The molecule has 0 spiro atoms. The van der Waals surface area contributed by atoms with Crippen LogP contribution in [-0.2, 0) is 0 Å². The molecular weight excluding hydrogens is 236 g/mol. The fourth-order valence-electron chi connectivity index (χ4n) is 1.98. The van der Waals surface area contributed by atoms with Crippen LogP contribution in [0.1, 0.15) is 16.7 Å². The molecule has 0 unspecified atom stereocenters. The summed E-state index contributed by atoms with van der Waals surface area (Å²) in [6, 6.07) is 10.0. The lowest BCUT2D eigenvalue weighted by atomic mass is 10.1. The zero-order valence-electron chi connectivity index (χ0n) is 11.9. The van der Waals surface area contributed by atoms with Crippen LogP contribution < -0.4 is 15.8 Å². The molecule has 2 aromatic carbocycles. The van der Waals surface area contributed by atoms with Gasteiger partial charge in [-0.25, -0.2) is 0 Å². The van der Waals surface area contributed by atoms with E-state index >= 15 is 0 Å². The predicted molar refractivity (Wildman–Crippen MR) is 81.3 cm³/mol. The Morgan fingerprint density at radius 2 is 1.63 bits per heavy atom. The second kappa shape index (κ2) is 5.22. The molecule has 0 aliphatic carbocycles. The molecule has 3 N–H and O–H groups in total. The molecule has 2 rings (SSSR count). The van der Waals surface area contributed by atoms with E-state index in [2.05, 4.69) is 25.2 Å². The number of anilines is 3. The average Bonchev–Trinajstić information content (AvgIpc) is 2.38. The summed E-state index contributed by atoms with van der Waals surface area (Å²) < 4.78 is 5.42. The van der Waals surface area contributed by atoms with Crippen LogP contribution in [0, 0.1) is 20.8 Å². The maximum atomic E-state index is 5.99. The smallest absolute Gasteiger partial charge is 0.142 e. The van der Waals surface area contributed by atoms with E-state index in [-0.39, 0.29) is 0 Å². The number of hydrogen-bond donors (Lipinski definition) is 2. The van der Waals surface area contributed by atoms with Gasteiger partial charge < -0.3 is 15.8 Å². The fraction of sp³-hybridized carbons (Fsp3) is 0.250. The molecule has 3 nitrogen and oxygen atoms in total. The highest BCUT2D eigenvalue weighted by molar-refractivity contribution is 5.76. The minimum atomic E-state index is 0.728. The van der Waals surface area contributed by atoms with Crippen molar-refractivity contribution in [1.82, 2.24) is 0 Å². The molecule has 0 aliphatic rings. The average molecular weight is 256 g/mol. The molecule has 3 heteroatoms. The molecule has 0 bridgehead atoms. The van der Waals surface area contributed by atoms with Gasteiger partial charge >= 0.3 is 0 Å². The van der Waals surface area contributed by atoms with Crippen molar-refractivity contribution in [2.75, 3.05) is 18.2 Å². The molecular formula is C16H20N2O. The van der Waals surface area contributed by atoms with E-state index in [4.69, 9.17) is 10.5 Å². The van der Waals surface area contributed by atoms with Crippen LogP contribution in [0.25, 0.3) is 0 Å². The van der Waals surface area contributed by atoms with Crippen molar-refractivity contribution in [3.8, 4) is 5.75 Å². The molecule has 0 atom stereocenters. The molecule has 0 heterocycles. The summed E-state index contributed by atoms with van der Waals surface area (Å²) >= 11 is 0. The number of rotatable bonds is 3. The van der Waals surface area contributed by atoms with E-state index in [0.29, 0.717) is 0 Å². The Morgan fingerprint density at radius 1 is 0.947 bits per heavy atom. The molecule has 0 amide bonds. The molecule has 2 aromatic rings. The lowest BCUT2D eigenvalue weighted by Crippen LogP contribution is -2.00. The first-order valence-corrected chi connectivity index (χ1v) is 6.29. The highest BCUT2D eigenvalue weighted by Crippen LogP contribution is 2.32. The van der Waals surface area contributed by atoms with E-state index in [9.17, 15) is 0 Å². The van der Waals surface area contributed by atoms with Gasteiger partial charge in [-0.3, -0.25) is 0 Å². The third kappa shape index (κ3) is 2.81. The van der Waals surface area contributed by atoms with Gasteiger partial charge in [-0.1, -0.05) is 6.07 Å². The van der Waals surface area contributed by atoms with E-state index in [1.807, 2.05) is 31.2 Å².